The van der Waals surface area contributed by atoms with Crippen LogP contribution in [0, 0.1) is 25.2 Å². The van der Waals surface area contributed by atoms with Gasteiger partial charge in [-0.15, -0.1) is 0 Å². The molecule has 118 valence electrons. The fraction of sp³-hybridized carbons (Fsp3) is 0.100. The summed E-state index contributed by atoms with van der Waals surface area (Å²) in [6, 6.07) is 15.5. The SMILES string of the molecule is Cc1cc(C)cc(NC(=O)C(C#N)=Cc2c[nH]c3ccccc23)c1. The molecule has 24 heavy (non-hydrogen) atoms. The predicted octanol–water partition coefficient (Wildman–Crippen LogP) is 4.33. The zero-order chi connectivity index (χ0) is 17.1. The van der Waals surface area contributed by atoms with Gasteiger partial charge in [-0.2, -0.15) is 5.26 Å². The van der Waals surface area contributed by atoms with Gasteiger partial charge in [-0.3, -0.25) is 4.79 Å². The van der Waals surface area contributed by atoms with Gasteiger partial charge in [-0.25, -0.2) is 0 Å². The Labute approximate surface area is 140 Å². The van der Waals surface area contributed by atoms with Gasteiger partial charge >= 0.3 is 0 Å². The minimum Gasteiger partial charge on any atom is -0.361 e. The highest BCUT2D eigenvalue weighted by atomic mass is 16.1. The number of amides is 1. The molecule has 0 aliphatic heterocycles. The first-order valence-electron chi connectivity index (χ1n) is 7.64. The summed E-state index contributed by atoms with van der Waals surface area (Å²) in [6.07, 6.45) is 3.41. The number of nitriles is 1. The Morgan fingerprint density at radius 1 is 1.17 bits per heavy atom. The Kier molecular flexibility index (Phi) is 4.17. The topological polar surface area (TPSA) is 68.7 Å². The van der Waals surface area contributed by atoms with Gasteiger partial charge in [-0.05, 0) is 49.2 Å². The van der Waals surface area contributed by atoms with Crippen molar-refractivity contribution in [3.05, 3.63) is 70.9 Å². The van der Waals surface area contributed by atoms with Crippen molar-refractivity contribution in [2.75, 3.05) is 5.32 Å². The highest BCUT2D eigenvalue weighted by Gasteiger charge is 2.11. The molecule has 0 atom stereocenters. The molecule has 4 nitrogen and oxygen atoms in total. The number of H-pyrrole nitrogens is 1. The number of carbonyl (C=O) groups is 1. The maximum absolute atomic E-state index is 12.4. The number of aromatic amines is 1. The van der Waals surface area contributed by atoms with Crippen molar-refractivity contribution in [2.24, 2.45) is 0 Å². The van der Waals surface area contributed by atoms with Gasteiger partial charge in [0.25, 0.3) is 5.91 Å². The van der Waals surface area contributed by atoms with Gasteiger partial charge in [0.2, 0.25) is 0 Å². The largest absolute Gasteiger partial charge is 0.361 e. The molecule has 4 heteroatoms. The maximum atomic E-state index is 12.4. The molecule has 2 N–H and O–H groups in total. The number of rotatable bonds is 3. The quantitative estimate of drug-likeness (QED) is 0.558. The second-order valence-electron chi connectivity index (χ2n) is 5.79. The Hall–Kier alpha value is -3.32. The van der Waals surface area contributed by atoms with E-state index in [0.29, 0.717) is 5.69 Å². The molecule has 0 radical (unpaired) electrons. The summed E-state index contributed by atoms with van der Waals surface area (Å²) in [5.74, 6) is -0.409. The predicted molar refractivity (Wildman–Crippen MR) is 96.4 cm³/mol. The number of hydrogen-bond donors (Lipinski definition) is 2. The van der Waals surface area contributed by atoms with Crippen molar-refractivity contribution < 1.29 is 4.79 Å². The highest BCUT2D eigenvalue weighted by molar-refractivity contribution is 6.10. The van der Waals surface area contributed by atoms with Crippen molar-refractivity contribution in [3.8, 4) is 6.07 Å². The summed E-state index contributed by atoms with van der Waals surface area (Å²) in [5.41, 5.74) is 4.67. The zero-order valence-corrected chi connectivity index (χ0v) is 13.6. The fourth-order valence-corrected chi connectivity index (χ4v) is 2.76. The van der Waals surface area contributed by atoms with E-state index >= 15 is 0 Å². The van der Waals surface area contributed by atoms with Crippen LogP contribution in [-0.4, -0.2) is 10.9 Å². The molecule has 1 amide bonds. The second kappa shape index (κ2) is 6.43. The average molecular weight is 315 g/mol. The first-order chi connectivity index (χ1) is 11.6. The lowest BCUT2D eigenvalue weighted by Crippen LogP contribution is -2.13. The molecule has 3 rings (SSSR count). The Morgan fingerprint density at radius 3 is 2.58 bits per heavy atom. The summed E-state index contributed by atoms with van der Waals surface area (Å²) in [4.78, 5) is 15.6. The third kappa shape index (κ3) is 3.21. The number of nitrogens with one attached hydrogen (secondary N) is 2. The standard InChI is InChI=1S/C20H17N3O/c1-13-7-14(2)9-17(8-13)23-20(24)15(11-21)10-16-12-22-19-6-4-3-5-18(16)19/h3-10,12,22H,1-2H3,(H,23,24). The van der Waals surface area contributed by atoms with Crippen molar-refractivity contribution in [1.29, 1.82) is 5.26 Å². The van der Waals surface area contributed by atoms with E-state index in [1.807, 2.05) is 62.4 Å². The molecule has 0 saturated heterocycles. The Bertz CT molecular complexity index is 969. The highest BCUT2D eigenvalue weighted by Crippen LogP contribution is 2.21. The summed E-state index contributed by atoms with van der Waals surface area (Å²) in [5, 5.41) is 13.1. The minimum atomic E-state index is -0.409. The Balaban J connectivity index is 1.90. The van der Waals surface area contributed by atoms with Gasteiger partial charge in [0.15, 0.2) is 0 Å². The lowest BCUT2D eigenvalue weighted by molar-refractivity contribution is -0.112. The van der Waals surface area contributed by atoms with Gasteiger partial charge in [-0.1, -0.05) is 24.3 Å². The molecule has 2 aromatic carbocycles. The van der Waals surface area contributed by atoms with E-state index in [9.17, 15) is 10.1 Å². The van der Waals surface area contributed by atoms with Crippen LogP contribution in [0.4, 0.5) is 5.69 Å². The van der Waals surface area contributed by atoms with Crippen molar-refractivity contribution in [3.63, 3.8) is 0 Å². The van der Waals surface area contributed by atoms with Crippen LogP contribution in [0.25, 0.3) is 17.0 Å². The van der Waals surface area contributed by atoms with Crippen LogP contribution in [0.15, 0.2) is 54.2 Å². The summed E-state index contributed by atoms with van der Waals surface area (Å²) in [7, 11) is 0. The summed E-state index contributed by atoms with van der Waals surface area (Å²) >= 11 is 0. The monoisotopic (exact) mass is 315 g/mol. The van der Waals surface area contributed by atoms with E-state index < -0.39 is 5.91 Å². The Morgan fingerprint density at radius 2 is 1.88 bits per heavy atom. The molecule has 0 spiro atoms. The third-order valence-electron chi connectivity index (χ3n) is 3.77. The molecule has 0 bridgehead atoms. The summed E-state index contributed by atoms with van der Waals surface area (Å²) in [6.45, 7) is 3.94. The van der Waals surface area contributed by atoms with Crippen molar-refractivity contribution in [2.45, 2.75) is 13.8 Å². The van der Waals surface area contributed by atoms with Gasteiger partial charge < -0.3 is 10.3 Å². The number of aromatic nitrogens is 1. The van der Waals surface area contributed by atoms with Gasteiger partial charge in [0.05, 0.1) is 0 Å². The van der Waals surface area contributed by atoms with E-state index in [2.05, 4.69) is 10.3 Å². The molecule has 0 aliphatic carbocycles. The molecule has 0 fully saturated rings. The molecule has 0 aliphatic rings. The van der Waals surface area contributed by atoms with E-state index in [1.165, 1.54) is 0 Å². The molecular formula is C20H17N3O. The number of para-hydroxylation sites is 1. The maximum Gasteiger partial charge on any atom is 0.266 e. The normalized spacial score (nSPS) is 11.3. The van der Waals surface area contributed by atoms with Gasteiger partial charge in [0, 0.05) is 28.4 Å². The average Bonchev–Trinajstić information content (AvgIpc) is 2.94. The van der Waals surface area contributed by atoms with Crippen LogP contribution in [0.5, 0.6) is 0 Å². The number of fused-ring (bicyclic) bond motifs is 1. The number of carbonyl (C=O) groups excluding carboxylic acids is 1. The number of anilines is 1. The molecule has 0 unspecified atom stereocenters. The smallest absolute Gasteiger partial charge is 0.266 e. The number of nitrogens with zero attached hydrogens (tertiary/aromatic N) is 1. The van der Waals surface area contributed by atoms with E-state index in [-0.39, 0.29) is 5.57 Å². The van der Waals surface area contributed by atoms with E-state index in [0.717, 1.165) is 27.6 Å². The van der Waals surface area contributed by atoms with E-state index in [1.54, 1.807) is 12.3 Å². The number of benzene rings is 2. The molecule has 0 saturated carbocycles. The number of hydrogen-bond acceptors (Lipinski definition) is 2. The van der Waals surface area contributed by atoms with Crippen LogP contribution < -0.4 is 5.32 Å². The van der Waals surface area contributed by atoms with Crippen molar-refractivity contribution in [1.82, 2.24) is 4.98 Å². The summed E-state index contributed by atoms with van der Waals surface area (Å²) < 4.78 is 0. The molecule has 1 aromatic heterocycles. The molecule has 3 aromatic rings. The van der Waals surface area contributed by atoms with Crippen LogP contribution in [0.3, 0.4) is 0 Å². The zero-order valence-electron chi connectivity index (χ0n) is 13.6. The number of aryl methyl sites for hydroxylation is 2. The van der Waals surface area contributed by atoms with Crippen LogP contribution in [0.2, 0.25) is 0 Å². The fourth-order valence-electron chi connectivity index (χ4n) is 2.76. The van der Waals surface area contributed by atoms with Crippen LogP contribution in [0.1, 0.15) is 16.7 Å². The third-order valence-corrected chi connectivity index (χ3v) is 3.77. The second-order valence-corrected chi connectivity index (χ2v) is 5.79. The first-order valence-corrected chi connectivity index (χ1v) is 7.64. The minimum absolute atomic E-state index is 0.0684. The van der Waals surface area contributed by atoms with Crippen LogP contribution >= 0.6 is 0 Å². The van der Waals surface area contributed by atoms with E-state index in [4.69, 9.17) is 0 Å². The first kappa shape index (κ1) is 15.6. The van der Waals surface area contributed by atoms with Crippen LogP contribution in [-0.2, 0) is 4.79 Å². The van der Waals surface area contributed by atoms with Gasteiger partial charge in [0.1, 0.15) is 11.6 Å². The van der Waals surface area contributed by atoms with Crippen molar-refractivity contribution >= 4 is 28.6 Å². The molecule has 1 heterocycles. The lowest BCUT2D eigenvalue weighted by atomic mass is 10.1. The lowest BCUT2D eigenvalue weighted by Gasteiger charge is -2.07. The molecular weight excluding hydrogens is 298 g/mol.